The lowest BCUT2D eigenvalue weighted by molar-refractivity contribution is 0.247. The second-order valence-electron chi connectivity index (χ2n) is 4.20. The number of primary amides is 1. The van der Waals surface area contributed by atoms with Gasteiger partial charge in [0, 0.05) is 11.3 Å². The molecule has 1 aromatic heterocycles. The second kappa shape index (κ2) is 4.91. The smallest absolute Gasteiger partial charge is 0.312 e. The molecule has 5 heteroatoms. The van der Waals surface area contributed by atoms with Crippen molar-refractivity contribution in [3.8, 4) is 0 Å². The van der Waals surface area contributed by atoms with Gasteiger partial charge in [0.25, 0.3) is 0 Å². The molecule has 0 aliphatic heterocycles. The maximum Gasteiger partial charge on any atom is 0.312 e. The highest BCUT2D eigenvalue weighted by molar-refractivity contribution is 5.73. The van der Waals surface area contributed by atoms with Gasteiger partial charge in [0.1, 0.15) is 0 Å². The molecule has 0 unspecified atom stereocenters. The van der Waals surface area contributed by atoms with Crippen molar-refractivity contribution in [3.63, 3.8) is 0 Å². The molecule has 0 fully saturated rings. The van der Waals surface area contributed by atoms with Crippen LogP contribution in [0.1, 0.15) is 28.6 Å². The molecule has 1 heterocycles. The number of aryl methyl sites for hydroxylation is 2. The molecular weight excluding hydrogens is 228 g/mol. The molecule has 0 spiro atoms. The van der Waals surface area contributed by atoms with Gasteiger partial charge in [-0.3, -0.25) is 5.10 Å². The third kappa shape index (κ3) is 2.34. The molecule has 0 aliphatic carbocycles. The molecule has 5 nitrogen and oxygen atoms in total. The topological polar surface area (TPSA) is 83.8 Å². The Kier molecular flexibility index (Phi) is 3.32. The van der Waals surface area contributed by atoms with Gasteiger partial charge in [-0.2, -0.15) is 5.10 Å². The Morgan fingerprint density at radius 3 is 2.50 bits per heavy atom. The van der Waals surface area contributed by atoms with Gasteiger partial charge in [0.15, 0.2) is 0 Å². The number of urea groups is 1. The highest BCUT2D eigenvalue weighted by Crippen LogP contribution is 2.26. The normalized spacial score (nSPS) is 12.1. The zero-order chi connectivity index (χ0) is 13.1. The van der Waals surface area contributed by atoms with E-state index in [0.717, 1.165) is 22.5 Å². The Bertz CT molecular complexity index is 528. The first kappa shape index (κ1) is 12.2. The minimum absolute atomic E-state index is 0.276. The van der Waals surface area contributed by atoms with Crippen LogP contribution in [0.25, 0.3) is 0 Å². The third-order valence-corrected chi connectivity index (χ3v) is 2.89. The SMILES string of the molecule is Cc1n[nH]c(C)c1[C@H](NC(N)=O)c1ccccc1. The van der Waals surface area contributed by atoms with Crippen molar-refractivity contribution in [1.82, 2.24) is 15.5 Å². The molecule has 2 rings (SSSR count). The summed E-state index contributed by atoms with van der Waals surface area (Å²) >= 11 is 0. The summed E-state index contributed by atoms with van der Waals surface area (Å²) in [5.41, 5.74) is 8.97. The van der Waals surface area contributed by atoms with E-state index in [4.69, 9.17) is 5.73 Å². The van der Waals surface area contributed by atoms with Crippen molar-refractivity contribution >= 4 is 6.03 Å². The van der Waals surface area contributed by atoms with Crippen molar-refractivity contribution in [2.45, 2.75) is 19.9 Å². The fourth-order valence-electron chi connectivity index (χ4n) is 2.09. The number of nitrogens with one attached hydrogen (secondary N) is 2. The van der Waals surface area contributed by atoms with Crippen LogP contribution in [0.15, 0.2) is 30.3 Å². The molecule has 0 aliphatic rings. The number of nitrogens with zero attached hydrogens (tertiary/aromatic N) is 1. The van der Waals surface area contributed by atoms with Crippen LogP contribution in [-0.4, -0.2) is 16.2 Å². The number of benzene rings is 1. The maximum absolute atomic E-state index is 11.2. The molecular formula is C13H16N4O. The summed E-state index contributed by atoms with van der Waals surface area (Å²) in [7, 11) is 0. The van der Waals surface area contributed by atoms with Gasteiger partial charge in [-0.15, -0.1) is 0 Å². The van der Waals surface area contributed by atoms with Gasteiger partial charge in [-0.1, -0.05) is 30.3 Å². The highest BCUT2D eigenvalue weighted by Gasteiger charge is 2.21. The second-order valence-corrected chi connectivity index (χ2v) is 4.20. The Labute approximate surface area is 105 Å². The Morgan fingerprint density at radius 2 is 2.00 bits per heavy atom. The van der Waals surface area contributed by atoms with Gasteiger partial charge in [0.2, 0.25) is 0 Å². The lowest BCUT2D eigenvalue weighted by atomic mass is 9.97. The van der Waals surface area contributed by atoms with Crippen LogP contribution in [0.3, 0.4) is 0 Å². The number of carbonyl (C=O) groups excluding carboxylic acids is 1. The van der Waals surface area contributed by atoms with Crippen molar-refractivity contribution in [2.75, 3.05) is 0 Å². The molecule has 2 amide bonds. The molecule has 18 heavy (non-hydrogen) atoms. The van der Waals surface area contributed by atoms with E-state index in [1.54, 1.807) is 0 Å². The van der Waals surface area contributed by atoms with Crippen LogP contribution in [-0.2, 0) is 0 Å². The van der Waals surface area contributed by atoms with E-state index in [2.05, 4.69) is 15.5 Å². The van der Waals surface area contributed by atoms with E-state index < -0.39 is 6.03 Å². The summed E-state index contributed by atoms with van der Waals surface area (Å²) in [4.78, 5) is 11.2. The number of H-pyrrole nitrogens is 1. The first-order chi connectivity index (χ1) is 8.59. The van der Waals surface area contributed by atoms with Crippen molar-refractivity contribution in [2.24, 2.45) is 5.73 Å². The van der Waals surface area contributed by atoms with Crippen LogP contribution >= 0.6 is 0 Å². The number of aromatic amines is 1. The summed E-state index contributed by atoms with van der Waals surface area (Å²) < 4.78 is 0. The van der Waals surface area contributed by atoms with E-state index in [1.165, 1.54) is 0 Å². The largest absolute Gasteiger partial charge is 0.352 e. The van der Waals surface area contributed by atoms with E-state index >= 15 is 0 Å². The molecule has 0 radical (unpaired) electrons. The number of aromatic nitrogens is 2. The average molecular weight is 244 g/mol. The van der Waals surface area contributed by atoms with Crippen LogP contribution in [0.4, 0.5) is 4.79 Å². The number of rotatable bonds is 3. The molecule has 0 saturated carbocycles. The maximum atomic E-state index is 11.2. The fraction of sp³-hybridized carbons (Fsp3) is 0.231. The average Bonchev–Trinajstić information content (AvgIpc) is 2.67. The highest BCUT2D eigenvalue weighted by atomic mass is 16.2. The lowest BCUT2D eigenvalue weighted by Gasteiger charge is -2.18. The lowest BCUT2D eigenvalue weighted by Crippen LogP contribution is -2.34. The first-order valence-electron chi connectivity index (χ1n) is 5.72. The fourth-order valence-corrected chi connectivity index (χ4v) is 2.09. The molecule has 1 aromatic carbocycles. The van der Waals surface area contributed by atoms with Gasteiger partial charge in [-0.25, -0.2) is 4.79 Å². The van der Waals surface area contributed by atoms with E-state index in [1.807, 2.05) is 44.2 Å². The van der Waals surface area contributed by atoms with Crippen molar-refractivity contribution in [1.29, 1.82) is 0 Å². The van der Waals surface area contributed by atoms with Crippen molar-refractivity contribution < 1.29 is 4.79 Å². The van der Waals surface area contributed by atoms with Gasteiger partial charge < -0.3 is 11.1 Å². The van der Waals surface area contributed by atoms with Crippen LogP contribution in [0.5, 0.6) is 0 Å². The van der Waals surface area contributed by atoms with Crippen LogP contribution in [0.2, 0.25) is 0 Å². The van der Waals surface area contributed by atoms with Gasteiger partial charge in [0.05, 0.1) is 11.7 Å². The molecule has 2 aromatic rings. The summed E-state index contributed by atoms with van der Waals surface area (Å²) in [6.07, 6.45) is 0. The summed E-state index contributed by atoms with van der Waals surface area (Å²) in [6, 6.07) is 8.86. The zero-order valence-corrected chi connectivity index (χ0v) is 10.4. The zero-order valence-electron chi connectivity index (χ0n) is 10.4. The van der Waals surface area contributed by atoms with E-state index in [0.29, 0.717) is 0 Å². The number of carbonyl (C=O) groups is 1. The van der Waals surface area contributed by atoms with E-state index in [-0.39, 0.29) is 6.04 Å². The Balaban J connectivity index is 2.47. The van der Waals surface area contributed by atoms with Crippen LogP contribution in [0, 0.1) is 13.8 Å². The van der Waals surface area contributed by atoms with E-state index in [9.17, 15) is 4.79 Å². The monoisotopic (exact) mass is 244 g/mol. The molecule has 0 bridgehead atoms. The number of hydrogen-bond acceptors (Lipinski definition) is 2. The minimum atomic E-state index is -0.552. The standard InChI is InChI=1S/C13H16N4O/c1-8-11(9(2)17-16-8)12(15-13(14)18)10-6-4-3-5-7-10/h3-7,12H,1-2H3,(H,16,17)(H3,14,15,18)/t12-/m1/s1. The molecule has 1 atom stereocenters. The predicted octanol–water partition coefficient (Wildman–Crippen LogP) is 1.78. The predicted molar refractivity (Wildman–Crippen MR) is 69.1 cm³/mol. The van der Waals surface area contributed by atoms with Gasteiger partial charge >= 0.3 is 6.03 Å². The molecule has 0 saturated heterocycles. The van der Waals surface area contributed by atoms with Crippen LogP contribution < -0.4 is 11.1 Å². The summed E-state index contributed by atoms with van der Waals surface area (Å²) in [5, 5.41) is 9.83. The quantitative estimate of drug-likeness (QED) is 0.769. The minimum Gasteiger partial charge on any atom is -0.352 e. The van der Waals surface area contributed by atoms with Gasteiger partial charge in [-0.05, 0) is 19.4 Å². The van der Waals surface area contributed by atoms with Crippen molar-refractivity contribution in [3.05, 3.63) is 52.8 Å². The number of nitrogens with two attached hydrogens (primary N) is 1. The Morgan fingerprint density at radius 1 is 1.33 bits per heavy atom. The summed E-state index contributed by atoms with van der Waals surface area (Å²) in [5.74, 6) is 0. The number of amides is 2. The molecule has 94 valence electrons. The Hall–Kier alpha value is -2.30. The number of hydrogen-bond donors (Lipinski definition) is 3. The summed E-state index contributed by atoms with van der Waals surface area (Å²) in [6.45, 7) is 3.82. The first-order valence-corrected chi connectivity index (χ1v) is 5.72. The molecule has 4 N–H and O–H groups in total. The third-order valence-electron chi connectivity index (χ3n) is 2.89.